The Morgan fingerprint density at radius 2 is 1.00 bits per heavy atom. The minimum atomic E-state index is -0.975. The number of aliphatic carboxylic acids is 1. The Kier molecular flexibility index (Phi) is 25.6. The molecule has 0 radical (unpaired) electrons. The Hall–Kier alpha value is -1.10. The summed E-state index contributed by atoms with van der Waals surface area (Å²) < 4.78 is 5.22. The Morgan fingerprint density at radius 3 is 1.41 bits per heavy atom. The summed E-state index contributed by atoms with van der Waals surface area (Å²) in [4.78, 5) is 23.4. The van der Waals surface area contributed by atoms with Crippen molar-refractivity contribution < 1.29 is 19.4 Å². The molecule has 0 saturated heterocycles. The predicted octanol–water partition coefficient (Wildman–Crippen LogP) is 8.19. The number of carbonyl (C=O) groups is 2. The standard InChI is InChI=1S/C29H57NO4/c1-3-5-7-9-11-12-13-14-15-16-17-18-19-20-22-24-30-27(29(32)33)26-28(31)34-25-23-21-10-8-6-4-2/h27,30H,3-26H2,1-2H3,(H,32,33). The molecule has 2 N–H and O–H groups in total. The first-order valence-electron chi connectivity index (χ1n) is 14.7. The van der Waals surface area contributed by atoms with Gasteiger partial charge in [-0.2, -0.15) is 0 Å². The molecule has 0 heterocycles. The number of rotatable bonds is 27. The molecule has 5 heteroatoms. The minimum absolute atomic E-state index is 0.0933. The van der Waals surface area contributed by atoms with E-state index in [0.29, 0.717) is 13.2 Å². The molecule has 0 aromatic carbocycles. The van der Waals surface area contributed by atoms with Crippen LogP contribution in [0.15, 0.2) is 0 Å². The van der Waals surface area contributed by atoms with E-state index in [1.807, 2.05) is 0 Å². The van der Waals surface area contributed by atoms with Crippen LogP contribution in [-0.4, -0.2) is 36.2 Å². The van der Waals surface area contributed by atoms with Crippen LogP contribution >= 0.6 is 0 Å². The maximum absolute atomic E-state index is 11.9. The number of carbonyl (C=O) groups excluding carboxylic acids is 1. The second kappa shape index (κ2) is 26.5. The number of carboxylic acids is 1. The molecule has 0 aromatic heterocycles. The summed E-state index contributed by atoms with van der Waals surface area (Å²) in [7, 11) is 0. The zero-order valence-corrected chi connectivity index (χ0v) is 22.7. The number of carboxylic acid groups (broad SMARTS) is 1. The lowest BCUT2D eigenvalue weighted by atomic mass is 10.0. The molecule has 0 rings (SSSR count). The summed E-state index contributed by atoms with van der Waals surface area (Å²) in [6.45, 7) is 5.50. The molecule has 0 aliphatic heterocycles. The van der Waals surface area contributed by atoms with Gasteiger partial charge in [0.2, 0.25) is 0 Å². The van der Waals surface area contributed by atoms with Gasteiger partial charge >= 0.3 is 11.9 Å². The van der Waals surface area contributed by atoms with Gasteiger partial charge in [0.25, 0.3) is 0 Å². The third-order valence-electron chi connectivity index (χ3n) is 6.60. The fourth-order valence-electron chi connectivity index (χ4n) is 4.31. The Labute approximate surface area is 211 Å². The first kappa shape index (κ1) is 32.9. The molecule has 0 saturated carbocycles. The van der Waals surface area contributed by atoms with Crippen LogP contribution in [-0.2, 0) is 14.3 Å². The molecule has 34 heavy (non-hydrogen) atoms. The molecule has 1 unspecified atom stereocenters. The monoisotopic (exact) mass is 483 g/mol. The Balaban J connectivity index is 3.52. The molecule has 0 spiro atoms. The van der Waals surface area contributed by atoms with Gasteiger partial charge in [0.05, 0.1) is 13.0 Å². The van der Waals surface area contributed by atoms with Gasteiger partial charge in [-0.15, -0.1) is 0 Å². The van der Waals surface area contributed by atoms with Crippen LogP contribution in [0.25, 0.3) is 0 Å². The minimum Gasteiger partial charge on any atom is -0.480 e. The second-order valence-corrected chi connectivity index (χ2v) is 9.99. The van der Waals surface area contributed by atoms with E-state index in [9.17, 15) is 14.7 Å². The number of hydrogen-bond donors (Lipinski definition) is 2. The third-order valence-corrected chi connectivity index (χ3v) is 6.60. The van der Waals surface area contributed by atoms with Crippen molar-refractivity contribution in [3.8, 4) is 0 Å². The largest absolute Gasteiger partial charge is 0.480 e. The average Bonchev–Trinajstić information content (AvgIpc) is 2.82. The van der Waals surface area contributed by atoms with E-state index >= 15 is 0 Å². The number of esters is 1. The van der Waals surface area contributed by atoms with Crippen molar-refractivity contribution >= 4 is 11.9 Å². The number of nitrogens with one attached hydrogen (secondary N) is 1. The zero-order valence-electron chi connectivity index (χ0n) is 22.7. The molecule has 0 aliphatic rings. The van der Waals surface area contributed by atoms with E-state index in [0.717, 1.165) is 25.7 Å². The SMILES string of the molecule is CCCCCCCCCCCCCCCCCNC(CC(=O)OCCCCCCCC)C(=O)O. The van der Waals surface area contributed by atoms with Gasteiger partial charge in [-0.1, -0.05) is 136 Å². The normalized spacial score (nSPS) is 12.1. The number of hydrogen-bond acceptors (Lipinski definition) is 4. The summed E-state index contributed by atoms with van der Waals surface area (Å²) in [5.74, 6) is -1.39. The summed E-state index contributed by atoms with van der Waals surface area (Å²) in [6.07, 6.45) is 26.4. The van der Waals surface area contributed by atoms with Gasteiger partial charge in [0.1, 0.15) is 6.04 Å². The molecule has 202 valence electrons. The van der Waals surface area contributed by atoms with Crippen LogP contribution in [0.2, 0.25) is 0 Å². The molecule has 1 atom stereocenters. The van der Waals surface area contributed by atoms with E-state index in [1.165, 1.54) is 109 Å². The lowest BCUT2D eigenvalue weighted by molar-refractivity contribution is -0.149. The van der Waals surface area contributed by atoms with E-state index in [4.69, 9.17) is 4.74 Å². The molecule has 0 amide bonds. The Bertz CT molecular complexity index is 455. The van der Waals surface area contributed by atoms with Crippen molar-refractivity contribution in [3.05, 3.63) is 0 Å². The predicted molar refractivity (Wildman–Crippen MR) is 143 cm³/mol. The summed E-state index contributed by atoms with van der Waals surface area (Å²) >= 11 is 0. The van der Waals surface area contributed by atoms with Gasteiger partial charge < -0.3 is 15.2 Å². The number of ether oxygens (including phenoxy) is 1. The molecule has 0 fully saturated rings. The van der Waals surface area contributed by atoms with E-state index in [-0.39, 0.29) is 6.42 Å². The average molecular weight is 484 g/mol. The van der Waals surface area contributed by atoms with Gasteiger partial charge in [-0.25, -0.2) is 0 Å². The van der Waals surface area contributed by atoms with Crippen LogP contribution in [0, 0.1) is 0 Å². The maximum atomic E-state index is 11.9. The summed E-state index contributed by atoms with van der Waals surface area (Å²) in [5, 5.41) is 12.4. The topological polar surface area (TPSA) is 75.6 Å². The van der Waals surface area contributed by atoms with Crippen molar-refractivity contribution in [2.75, 3.05) is 13.2 Å². The van der Waals surface area contributed by atoms with Gasteiger partial charge in [-0.3, -0.25) is 9.59 Å². The van der Waals surface area contributed by atoms with Crippen molar-refractivity contribution in [3.63, 3.8) is 0 Å². The van der Waals surface area contributed by atoms with Gasteiger partial charge in [-0.05, 0) is 19.4 Å². The fraction of sp³-hybridized carbons (Fsp3) is 0.931. The quantitative estimate of drug-likeness (QED) is 0.0909. The lowest BCUT2D eigenvalue weighted by Gasteiger charge is -2.14. The Morgan fingerprint density at radius 1 is 0.618 bits per heavy atom. The van der Waals surface area contributed by atoms with Crippen molar-refractivity contribution in [1.29, 1.82) is 0 Å². The molecular formula is C29H57NO4. The third kappa shape index (κ3) is 24.0. The van der Waals surface area contributed by atoms with Crippen LogP contribution in [0.3, 0.4) is 0 Å². The zero-order chi connectivity index (χ0) is 25.1. The first-order valence-corrected chi connectivity index (χ1v) is 14.7. The van der Waals surface area contributed by atoms with E-state index in [1.54, 1.807) is 0 Å². The molecular weight excluding hydrogens is 426 g/mol. The highest BCUT2D eigenvalue weighted by atomic mass is 16.5. The van der Waals surface area contributed by atoms with Gasteiger partial charge in [0, 0.05) is 0 Å². The van der Waals surface area contributed by atoms with Crippen molar-refractivity contribution in [2.24, 2.45) is 0 Å². The highest BCUT2D eigenvalue weighted by Gasteiger charge is 2.21. The second-order valence-electron chi connectivity index (χ2n) is 9.99. The molecule has 0 aromatic rings. The molecule has 0 bridgehead atoms. The van der Waals surface area contributed by atoms with Crippen LogP contribution in [0.5, 0.6) is 0 Å². The van der Waals surface area contributed by atoms with Gasteiger partial charge in [0.15, 0.2) is 0 Å². The van der Waals surface area contributed by atoms with Crippen LogP contribution in [0.1, 0.15) is 155 Å². The molecule has 0 aliphatic carbocycles. The summed E-state index contributed by atoms with van der Waals surface area (Å²) in [5.41, 5.74) is 0. The van der Waals surface area contributed by atoms with E-state index < -0.39 is 18.0 Å². The highest BCUT2D eigenvalue weighted by molar-refractivity contribution is 5.81. The van der Waals surface area contributed by atoms with Crippen LogP contribution < -0.4 is 5.32 Å². The first-order chi connectivity index (χ1) is 16.6. The van der Waals surface area contributed by atoms with E-state index in [2.05, 4.69) is 19.2 Å². The van der Waals surface area contributed by atoms with Crippen molar-refractivity contribution in [1.82, 2.24) is 5.32 Å². The maximum Gasteiger partial charge on any atom is 0.321 e. The lowest BCUT2D eigenvalue weighted by Crippen LogP contribution is -2.39. The fourth-order valence-corrected chi connectivity index (χ4v) is 4.31. The highest BCUT2D eigenvalue weighted by Crippen LogP contribution is 2.13. The van der Waals surface area contributed by atoms with Crippen LogP contribution in [0.4, 0.5) is 0 Å². The summed E-state index contributed by atoms with van der Waals surface area (Å²) in [6, 6.07) is -0.844. The van der Waals surface area contributed by atoms with Crippen molar-refractivity contribution in [2.45, 2.75) is 161 Å². The smallest absolute Gasteiger partial charge is 0.321 e. The number of unbranched alkanes of at least 4 members (excludes halogenated alkanes) is 19. The molecule has 5 nitrogen and oxygen atoms in total.